The van der Waals surface area contributed by atoms with Crippen LogP contribution >= 0.6 is 0 Å². The highest BCUT2D eigenvalue weighted by Gasteiger charge is 2.44. The lowest BCUT2D eigenvalue weighted by atomic mass is 9.82. The first kappa shape index (κ1) is 21.3. The fourth-order valence-electron chi connectivity index (χ4n) is 4.87. The molecule has 3 heterocycles. The second-order valence-electron chi connectivity index (χ2n) is 8.88. The maximum absolute atomic E-state index is 12.9. The fourth-order valence-corrected chi connectivity index (χ4v) is 6.30. The molecule has 4 rings (SSSR count). The lowest BCUT2D eigenvalue weighted by molar-refractivity contribution is -0.151. The molecule has 1 amide bonds. The van der Waals surface area contributed by atoms with Crippen LogP contribution in [0.15, 0.2) is 23.1 Å². The zero-order chi connectivity index (χ0) is 21.7. The van der Waals surface area contributed by atoms with E-state index in [0.29, 0.717) is 44.7 Å². The van der Waals surface area contributed by atoms with Crippen LogP contribution in [0.3, 0.4) is 0 Å². The molecular weight excluding hydrogens is 404 g/mol. The van der Waals surface area contributed by atoms with Crippen molar-refractivity contribution in [2.24, 2.45) is 7.05 Å². The summed E-state index contributed by atoms with van der Waals surface area (Å²) in [6.45, 7) is 7.81. The van der Waals surface area contributed by atoms with Crippen LogP contribution < -0.4 is 0 Å². The minimum absolute atomic E-state index is 0.0778. The van der Waals surface area contributed by atoms with Gasteiger partial charge in [-0.3, -0.25) is 4.79 Å². The molecule has 8 nitrogen and oxygen atoms in total. The lowest BCUT2D eigenvalue weighted by Crippen LogP contribution is -2.63. The summed E-state index contributed by atoms with van der Waals surface area (Å²) in [4.78, 5) is 19.6. The van der Waals surface area contributed by atoms with E-state index < -0.39 is 10.0 Å². The third-order valence-electron chi connectivity index (χ3n) is 6.27. The molecule has 1 atom stereocenters. The molecule has 2 saturated heterocycles. The van der Waals surface area contributed by atoms with Crippen molar-refractivity contribution in [1.82, 2.24) is 18.8 Å². The van der Waals surface area contributed by atoms with Crippen molar-refractivity contribution in [2.75, 3.05) is 26.3 Å². The van der Waals surface area contributed by atoms with Crippen molar-refractivity contribution in [3.05, 3.63) is 24.0 Å². The number of carbonyl (C=O) groups is 1. The monoisotopic (exact) mass is 434 g/mol. The van der Waals surface area contributed by atoms with E-state index in [1.54, 1.807) is 18.2 Å². The maximum Gasteiger partial charge on any atom is 0.243 e. The number of rotatable bonds is 5. The molecular formula is C21H30N4O4S. The Labute approximate surface area is 177 Å². The highest BCUT2D eigenvalue weighted by molar-refractivity contribution is 7.89. The third kappa shape index (κ3) is 3.63. The number of amides is 1. The predicted molar refractivity (Wildman–Crippen MR) is 114 cm³/mol. The smallest absolute Gasteiger partial charge is 0.243 e. The summed E-state index contributed by atoms with van der Waals surface area (Å²) in [5, 5.41) is 0. The Balaban J connectivity index is 1.53. The van der Waals surface area contributed by atoms with Gasteiger partial charge in [0.1, 0.15) is 5.82 Å². The molecule has 2 aliphatic rings. The van der Waals surface area contributed by atoms with E-state index in [2.05, 4.69) is 25.8 Å². The van der Waals surface area contributed by atoms with Gasteiger partial charge in [-0.05, 0) is 45.4 Å². The normalized spacial score (nSPS) is 22.3. The number of ether oxygens (including phenoxy) is 1. The van der Waals surface area contributed by atoms with E-state index in [4.69, 9.17) is 4.74 Å². The van der Waals surface area contributed by atoms with Crippen LogP contribution in [0.2, 0.25) is 0 Å². The molecule has 0 N–H and O–H groups in total. The molecule has 1 aromatic heterocycles. The van der Waals surface area contributed by atoms with Gasteiger partial charge in [-0.1, -0.05) is 0 Å². The van der Waals surface area contributed by atoms with E-state index in [1.807, 2.05) is 16.5 Å². The number of hydrogen-bond donors (Lipinski definition) is 0. The molecule has 0 saturated carbocycles. The number of imidazole rings is 1. The van der Waals surface area contributed by atoms with Gasteiger partial charge in [-0.25, -0.2) is 13.4 Å². The first-order chi connectivity index (χ1) is 14.1. The van der Waals surface area contributed by atoms with Gasteiger partial charge in [0.05, 0.1) is 29.1 Å². The average Bonchev–Trinajstić information content (AvgIpc) is 3.01. The number of likely N-dealkylation sites (tertiary alicyclic amines) is 1. The van der Waals surface area contributed by atoms with E-state index in [-0.39, 0.29) is 22.4 Å². The van der Waals surface area contributed by atoms with Crippen molar-refractivity contribution in [2.45, 2.75) is 56.5 Å². The van der Waals surface area contributed by atoms with E-state index in [9.17, 15) is 13.2 Å². The Morgan fingerprint density at radius 3 is 2.60 bits per heavy atom. The topological polar surface area (TPSA) is 84.7 Å². The molecule has 9 heteroatoms. The van der Waals surface area contributed by atoms with Gasteiger partial charge >= 0.3 is 0 Å². The van der Waals surface area contributed by atoms with Crippen LogP contribution in [0.5, 0.6) is 0 Å². The van der Waals surface area contributed by atoms with Crippen molar-refractivity contribution in [3.63, 3.8) is 0 Å². The molecule has 2 aliphatic heterocycles. The minimum Gasteiger partial charge on any atom is -0.379 e. The van der Waals surface area contributed by atoms with Crippen LogP contribution in [0, 0.1) is 0 Å². The summed E-state index contributed by atoms with van der Waals surface area (Å²) in [7, 11) is -1.66. The number of nitrogens with zero attached hydrogens (tertiary/aromatic N) is 4. The number of aryl methyl sites for hydroxylation is 2. The Morgan fingerprint density at radius 1 is 1.27 bits per heavy atom. The number of morpholine rings is 1. The van der Waals surface area contributed by atoms with Crippen molar-refractivity contribution >= 4 is 27.0 Å². The molecule has 0 spiro atoms. The average molecular weight is 435 g/mol. The van der Waals surface area contributed by atoms with Gasteiger partial charge in [0.2, 0.25) is 15.9 Å². The van der Waals surface area contributed by atoms with Crippen molar-refractivity contribution < 1.29 is 17.9 Å². The van der Waals surface area contributed by atoms with Gasteiger partial charge in [0.15, 0.2) is 0 Å². The molecule has 1 aromatic carbocycles. The number of sulfonamides is 1. The Hall–Kier alpha value is -1.97. The highest BCUT2D eigenvalue weighted by Crippen LogP contribution is 2.36. The van der Waals surface area contributed by atoms with Gasteiger partial charge in [0, 0.05) is 44.6 Å². The molecule has 2 fully saturated rings. The summed E-state index contributed by atoms with van der Waals surface area (Å²) < 4.78 is 34.5. The molecule has 0 bridgehead atoms. The quantitative estimate of drug-likeness (QED) is 0.718. The Kier molecular flexibility index (Phi) is 5.40. The zero-order valence-electron chi connectivity index (χ0n) is 18.1. The second-order valence-corrected chi connectivity index (χ2v) is 10.8. The number of fused-ring (bicyclic) bond motifs is 1. The largest absolute Gasteiger partial charge is 0.379 e. The third-order valence-corrected chi connectivity index (χ3v) is 8.17. The summed E-state index contributed by atoms with van der Waals surface area (Å²) in [6.07, 6.45) is 1.93. The van der Waals surface area contributed by atoms with E-state index in [0.717, 1.165) is 17.8 Å². The second kappa shape index (κ2) is 7.62. The first-order valence-corrected chi connectivity index (χ1v) is 11.9. The van der Waals surface area contributed by atoms with Crippen molar-refractivity contribution in [1.29, 1.82) is 0 Å². The number of benzene rings is 1. The summed E-state index contributed by atoms with van der Waals surface area (Å²) in [6, 6.07) is 5.34. The Morgan fingerprint density at radius 2 is 1.97 bits per heavy atom. The number of carbonyl (C=O) groups excluding carboxylic acids is 1. The van der Waals surface area contributed by atoms with Crippen LogP contribution in [0.25, 0.3) is 11.0 Å². The molecule has 164 valence electrons. The summed E-state index contributed by atoms with van der Waals surface area (Å²) in [5.41, 5.74) is 1.41. The molecule has 0 unspecified atom stereocenters. The van der Waals surface area contributed by atoms with Crippen LogP contribution in [-0.2, 0) is 33.0 Å². The van der Waals surface area contributed by atoms with Crippen LogP contribution in [0.1, 0.15) is 39.4 Å². The molecule has 30 heavy (non-hydrogen) atoms. The van der Waals surface area contributed by atoms with Gasteiger partial charge in [0.25, 0.3) is 0 Å². The van der Waals surface area contributed by atoms with E-state index >= 15 is 0 Å². The lowest BCUT2D eigenvalue weighted by Gasteiger charge is -2.54. The Bertz CT molecular complexity index is 1070. The van der Waals surface area contributed by atoms with Crippen LogP contribution in [0.4, 0.5) is 0 Å². The molecule has 0 aliphatic carbocycles. The summed E-state index contributed by atoms with van der Waals surface area (Å²) in [5.74, 6) is 0.923. The predicted octanol–water partition coefficient (Wildman–Crippen LogP) is 1.93. The van der Waals surface area contributed by atoms with Gasteiger partial charge < -0.3 is 14.2 Å². The van der Waals surface area contributed by atoms with Gasteiger partial charge in [-0.15, -0.1) is 0 Å². The molecule has 2 aromatic rings. The zero-order valence-corrected chi connectivity index (χ0v) is 18.9. The molecule has 0 radical (unpaired) electrons. The van der Waals surface area contributed by atoms with E-state index in [1.165, 1.54) is 4.31 Å². The van der Waals surface area contributed by atoms with Crippen molar-refractivity contribution in [3.8, 4) is 0 Å². The highest BCUT2D eigenvalue weighted by atomic mass is 32.2. The fraction of sp³-hybridized carbons (Fsp3) is 0.619. The van der Waals surface area contributed by atoms with Gasteiger partial charge in [-0.2, -0.15) is 4.31 Å². The first-order valence-electron chi connectivity index (χ1n) is 10.5. The number of hydrogen-bond acceptors (Lipinski definition) is 5. The van der Waals surface area contributed by atoms with Crippen LogP contribution in [-0.4, -0.2) is 71.0 Å². The maximum atomic E-state index is 12.9. The minimum atomic E-state index is -3.57. The standard InChI is InChI=1S/C21H30N4O4S/c1-15-14-21(2,3)25(15)20(26)8-7-19-22-17-13-16(5-6-18(17)23(19)4)30(27,28)24-9-11-29-12-10-24/h5-6,13,15H,7-12,14H2,1-4H3/t15-/m1/s1. The number of aromatic nitrogens is 2. The SMILES string of the molecule is C[C@@H]1CC(C)(C)N1C(=O)CCc1nc2cc(S(=O)(=O)N3CCOCC3)ccc2n1C. The summed E-state index contributed by atoms with van der Waals surface area (Å²) >= 11 is 0.